The minimum atomic E-state index is 0.553. The number of aryl methyl sites for hydroxylation is 1. The summed E-state index contributed by atoms with van der Waals surface area (Å²) in [6.07, 6.45) is 11.6. The van der Waals surface area contributed by atoms with Gasteiger partial charge in [-0.25, -0.2) is 4.99 Å². The summed E-state index contributed by atoms with van der Waals surface area (Å²) in [4.78, 5) is 4.70. The molecule has 1 aliphatic rings. The molecule has 1 fully saturated rings. The third-order valence-electron chi connectivity index (χ3n) is 4.94. The van der Waals surface area contributed by atoms with Gasteiger partial charge in [-0.05, 0) is 44.1 Å². The van der Waals surface area contributed by atoms with Gasteiger partial charge in [-0.1, -0.05) is 25.7 Å². The van der Waals surface area contributed by atoms with Crippen molar-refractivity contribution in [1.29, 1.82) is 0 Å². The van der Waals surface area contributed by atoms with Gasteiger partial charge in [-0.3, -0.25) is 0 Å². The molecule has 25 heavy (non-hydrogen) atoms. The highest BCUT2D eigenvalue weighted by molar-refractivity contribution is 7.98. The fraction of sp³-hybridized carbons (Fsp3) is 0.833. The van der Waals surface area contributed by atoms with Gasteiger partial charge in [0.1, 0.15) is 12.4 Å². The van der Waals surface area contributed by atoms with E-state index in [2.05, 4.69) is 27.1 Å². The van der Waals surface area contributed by atoms with Crippen LogP contribution < -0.4 is 10.6 Å². The Labute approximate surface area is 156 Å². The monoisotopic (exact) mass is 366 g/mol. The summed E-state index contributed by atoms with van der Waals surface area (Å²) in [5, 5.41) is 15.2. The predicted molar refractivity (Wildman–Crippen MR) is 107 cm³/mol. The molecule has 142 valence electrons. The molecular weight excluding hydrogens is 332 g/mol. The summed E-state index contributed by atoms with van der Waals surface area (Å²) in [6, 6.07) is 0. The summed E-state index contributed by atoms with van der Waals surface area (Å²) < 4.78 is 1.99. The first-order chi connectivity index (χ1) is 12.2. The first kappa shape index (κ1) is 20.1. The topological polar surface area (TPSA) is 67.1 Å². The molecule has 1 aromatic rings. The Morgan fingerprint density at radius 3 is 2.56 bits per heavy atom. The molecule has 0 aromatic carbocycles. The van der Waals surface area contributed by atoms with E-state index in [1.54, 1.807) is 0 Å². The molecule has 0 unspecified atom stereocenters. The SMILES string of the molecule is CSCCCNC(=NCc1nnc(C)n1C)NCCCC1CCCC1. The van der Waals surface area contributed by atoms with Crippen molar-refractivity contribution in [1.82, 2.24) is 25.4 Å². The fourth-order valence-electron chi connectivity index (χ4n) is 3.23. The quantitative estimate of drug-likeness (QED) is 0.379. The minimum Gasteiger partial charge on any atom is -0.356 e. The maximum absolute atomic E-state index is 4.70. The van der Waals surface area contributed by atoms with Crippen LogP contribution in [0, 0.1) is 12.8 Å². The van der Waals surface area contributed by atoms with E-state index in [1.807, 2.05) is 30.3 Å². The Bertz CT molecular complexity index is 522. The highest BCUT2D eigenvalue weighted by Gasteiger charge is 2.14. The number of nitrogens with zero attached hydrogens (tertiary/aromatic N) is 4. The van der Waals surface area contributed by atoms with Crippen molar-refractivity contribution >= 4 is 17.7 Å². The van der Waals surface area contributed by atoms with E-state index in [4.69, 9.17) is 4.99 Å². The molecule has 1 heterocycles. The van der Waals surface area contributed by atoms with Gasteiger partial charge in [0.2, 0.25) is 0 Å². The molecule has 6 nitrogen and oxygen atoms in total. The van der Waals surface area contributed by atoms with Gasteiger partial charge < -0.3 is 15.2 Å². The van der Waals surface area contributed by atoms with Crippen LogP contribution in [0.3, 0.4) is 0 Å². The molecule has 1 aromatic heterocycles. The van der Waals surface area contributed by atoms with Crippen LogP contribution in [-0.4, -0.2) is 45.8 Å². The molecule has 1 aliphatic carbocycles. The molecule has 1 saturated carbocycles. The molecule has 0 radical (unpaired) electrons. The van der Waals surface area contributed by atoms with Crippen LogP contribution in [0.15, 0.2) is 4.99 Å². The molecule has 0 saturated heterocycles. The molecule has 0 aliphatic heterocycles. The Balaban J connectivity index is 1.78. The van der Waals surface area contributed by atoms with Crippen LogP contribution in [-0.2, 0) is 13.6 Å². The van der Waals surface area contributed by atoms with Crippen molar-refractivity contribution in [2.45, 2.75) is 58.4 Å². The van der Waals surface area contributed by atoms with Crippen molar-refractivity contribution in [2.75, 3.05) is 25.1 Å². The van der Waals surface area contributed by atoms with Crippen LogP contribution in [0.4, 0.5) is 0 Å². The van der Waals surface area contributed by atoms with Gasteiger partial charge >= 0.3 is 0 Å². The number of aromatic nitrogens is 3. The molecule has 0 bridgehead atoms. The fourth-order valence-corrected chi connectivity index (χ4v) is 3.67. The van der Waals surface area contributed by atoms with E-state index in [1.165, 1.54) is 44.3 Å². The largest absolute Gasteiger partial charge is 0.356 e. The summed E-state index contributed by atoms with van der Waals surface area (Å²) in [6.45, 7) is 4.46. The minimum absolute atomic E-state index is 0.553. The second kappa shape index (κ2) is 11.4. The van der Waals surface area contributed by atoms with E-state index in [0.717, 1.165) is 43.0 Å². The van der Waals surface area contributed by atoms with Crippen molar-refractivity contribution < 1.29 is 0 Å². The molecule has 2 N–H and O–H groups in total. The van der Waals surface area contributed by atoms with Crippen molar-refractivity contribution in [3.8, 4) is 0 Å². The number of hydrogen-bond acceptors (Lipinski definition) is 4. The van der Waals surface area contributed by atoms with E-state index < -0.39 is 0 Å². The summed E-state index contributed by atoms with van der Waals surface area (Å²) in [7, 11) is 1.99. The number of aliphatic imine (C=N–C) groups is 1. The molecule has 0 spiro atoms. The number of nitrogens with one attached hydrogen (secondary N) is 2. The highest BCUT2D eigenvalue weighted by Crippen LogP contribution is 2.28. The lowest BCUT2D eigenvalue weighted by atomic mass is 10.0. The van der Waals surface area contributed by atoms with Gasteiger partial charge in [0.25, 0.3) is 0 Å². The third-order valence-corrected chi connectivity index (χ3v) is 5.63. The average Bonchev–Trinajstić information content (AvgIpc) is 3.24. The lowest BCUT2D eigenvalue weighted by Crippen LogP contribution is -2.38. The van der Waals surface area contributed by atoms with Gasteiger partial charge in [0, 0.05) is 20.1 Å². The zero-order valence-electron chi connectivity index (χ0n) is 16.1. The first-order valence-corrected chi connectivity index (χ1v) is 11.0. The van der Waals surface area contributed by atoms with Gasteiger partial charge in [-0.15, -0.1) is 10.2 Å². The Kier molecular flexibility index (Phi) is 9.15. The zero-order chi connectivity index (χ0) is 17.9. The molecule has 0 amide bonds. The van der Waals surface area contributed by atoms with Gasteiger partial charge in [-0.2, -0.15) is 11.8 Å². The smallest absolute Gasteiger partial charge is 0.191 e. The normalized spacial score (nSPS) is 15.7. The molecule has 7 heteroatoms. The number of hydrogen-bond donors (Lipinski definition) is 2. The van der Waals surface area contributed by atoms with E-state index in [0.29, 0.717) is 6.54 Å². The summed E-state index contributed by atoms with van der Waals surface area (Å²) in [5.74, 6) is 4.84. The maximum atomic E-state index is 4.70. The van der Waals surface area contributed by atoms with Crippen molar-refractivity contribution in [3.63, 3.8) is 0 Å². The highest BCUT2D eigenvalue weighted by atomic mass is 32.2. The van der Waals surface area contributed by atoms with Crippen LogP contribution in [0.25, 0.3) is 0 Å². The van der Waals surface area contributed by atoms with Crippen LogP contribution in [0.1, 0.15) is 56.6 Å². The van der Waals surface area contributed by atoms with Gasteiger partial charge in [0.05, 0.1) is 0 Å². The summed E-state index contributed by atoms with van der Waals surface area (Å²) >= 11 is 1.88. The summed E-state index contributed by atoms with van der Waals surface area (Å²) in [5.41, 5.74) is 0. The number of rotatable bonds is 10. The van der Waals surface area contributed by atoms with Gasteiger partial charge in [0.15, 0.2) is 11.8 Å². The van der Waals surface area contributed by atoms with Crippen LogP contribution in [0.2, 0.25) is 0 Å². The van der Waals surface area contributed by atoms with Crippen molar-refractivity contribution in [2.24, 2.45) is 18.0 Å². The predicted octanol–water partition coefficient (Wildman–Crippen LogP) is 2.88. The van der Waals surface area contributed by atoms with Crippen LogP contribution >= 0.6 is 11.8 Å². The number of guanidine groups is 1. The zero-order valence-corrected chi connectivity index (χ0v) is 16.9. The Morgan fingerprint density at radius 1 is 1.20 bits per heavy atom. The van der Waals surface area contributed by atoms with E-state index in [9.17, 15) is 0 Å². The van der Waals surface area contributed by atoms with Crippen LogP contribution in [0.5, 0.6) is 0 Å². The third kappa shape index (κ3) is 7.26. The van der Waals surface area contributed by atoms with E-state index >= 15 is 0 Å². The number of thioether (sulfide) groups is 1. The van der Waals surface area contributed by atoms with E-state index in [-0.39, 0.29) is 0 Å². The Hall–Kier alpha value is -1.24. The molecule has 2 rings (SSSR count). The second-order valence-corrected chi connectivity index (χ2v) is 7.87. The molecule has 0 atom stereocenters. The molecular formula is C18H34N6S. The first-order valence-electron chi connectivity index (χ1n) is 9.56. The Morgan fingerprint density at radius 2 is 1.92 bits per heavy atom. The lowest BCUT2D eigenvalue weighted by molar-refractivity contribution is 0.481. The van der Waals surface area contributed by atoms with Crippen molar-refractivity contribution in [3.05, 3.63) is 11.6 Å². The average molecular weight is 367 g/mol. The lowest BCUT2D eigenvalue weighted by Gasteiger charge is -2.14. The standard InChI is InChI=1S/C18H34N6S/c1-15-22-23-17(24(15)2)14-21-18(20-12-7-13-25-3)19-11-6-10-16-8-4-5-9-16/h16H,4-14H2,1-3H3,(H2,19,20,21). The maximum Gasteiger partial charge on any atom is 0.191 e. The second-order valence-electron chi connectivity index (χ2n) is 6.88.